The summed E-state index contributed by atoms with van der Waals surface area (Å²) in [5.74, 6) is 0.0665. The van der Waals surface area contributed by atoms with Crippen molar-refractivity contribution in [1.29, 1.82) is 0 Å². The van der Waals surface area contributed by atoms with Crippen LogP contribution in [-0.4, -0.2) is 36.9 Å². The van der Waals surface area contributed by atoms with Crippen molar-refractivity contribution in [2.75, 3.05) is 19.8 Å². The monoisotopic (exact) mass is 263 g/mol. The van der Waals surface area contributed by atoms with Crippen molar-refractivity contribution in [3.05, 3.63) is 35.9 Å². The van der Waals surface area contributed by atoms with Gasteiger partial charge in [0, 0.05) is 19.1 Å². The number of amides is 1. The van der Waals surface area contributed by atoms with Crippen LogP contribution in [0.2, 0.25) is 0 Å². The SMILES string of the molecule is O=C(N[C@@H](CO)Cc1ccccc1)C1CCOCC1. The van der Waals surface area contributed by atoms with Crippen LogP contribution in [0.15, 0.2) is 30.3 Å². The Morgan fingerprint density at radius 2 is 2.00 bits per heavy atom. The molecule has 1 aliphatic rings. The molecule has 4 nitrogen and oxygen atoms in total. The predicted molar refractivity (Wildman–Crippen MR) is 72.7 cm³/mol. The highest BCUT2D eigenvalue weighted by molar-refractivity contribution is 5.79. The number of aliphatic hydroxyl groups is 1. The number of aliphatic hydroxyl groups excluding tert-OH is 1. The number of ether oxygens (including phenoxy) is 1. The summed E-state index contributed by atoms with van der Waals surface area (Å²) in [6.07, 6.45) is 2.21. The highest BCUT2D eigenvalue weighted by Crippen LogP contribution is 2.15. The molecule has 0 radical (unpaired) electrons. The van der Waals surface area contributed by atoms with E-state index in [1.807, 2.05) is 30.3 Å². The zero-order valence-corrected chi connectivity index (χ0v) is 11.0. The van der Waals surface area contributed by atoms with Crippen LogP contribution in [-0.2, 0) is 16.0 Å². The average molecular weight is 263 g/mol. The molecule has 0 bridgehead atoms. The lowest BCUT2D eigenvalue weighted by atomic mass is 9.98. The van der Waals surface area contributed by atoms with Crippen molar-refractivity contribution in [3.8, 4) is 0 Å². The minimum atomic E-state index is -0.210. The zero-order chi connectivity index (χ0) is 13.5. The molecular weight excluding hydrogens is 242 g/mol. The van der Waals surface area contributed by atoms with Gasteiger partial charge in [-0.3, -0.25) is 4.79 Å². The number of rotatable bonds is 5. The van der Waals surface area contributed by atoms with Crippen LogP contribution in [0.3, 0.4) is 0 Å². The summed E-state index contributed by atoms with van der Waals surface area (Å²) >= 11 is 0. The van der Waals surface area contributed by atoms with Crippen LogP contribution < -0.4 is 5.32 Å². The molecule has 2 N–H and O–H groups in total. The van der Waals surface area contributed by atoms with E-state index in [2.05, 4.69) is 5.32 Å². The summed E-state index contributed by atoms with van der Waals surface area (Å²) < 4.78 is 5.25. The fraction of sp³-hybridized carbons (Fsp3) is 0.533. The molecule has 1 amide bonds. The fourth-order valence-electron chi connectivity index (χ4n) is 2.34. The molecule has 1 atom stereocenters. The van der Waals surface area contributed by atoms with Crippen molar-refractivity contribution in [1.82, 2.24) is 5.32 Å². The number of carbonyl (C=O) groups is 1. The second-order valence-electron chi connectivity index (χ2n) is 4.96. The molecule has 2 rings (SSSR count). The summed E-state index contributed by atoms with van der Waals surface area (Å²) in [7, 11) is 0. The van der Waals surface area contributed by atoms with Crippen LogP contribution in [0, 0.1) is 5.92 Å². The molecule has 1 fully saturated rings. The van der Waals surface area contributed by atoms with Crippen LogP contribution in [0.5, 0.6) is 0 Å². The van der Waals surface area contributed by atoms with Crippen LogP contribution >= 0.6 is 0 Å². The van der Waals surface area contributed by atoms with Gasteiger partial charge in [0.15, 0.2) is 0 Å². The predicted octanol–water partition coefficient (Wildman–Crippen LogP) is 1.13. The fourth-order valence-corrected chi connectivity index (χ4v) is 2.34. The maximum Gasteiger partial charge on any atom is 0.223 e. The third-order valence-corrected chi connectivity index (χ3v) is 3.48. The summed E-state index contributed by atoms with van der Waals surface area (Å²) in [6.45, 7) is 1.27. The largest absolute Gasteiger partial charge is 0.394 e. The Labute approximate surface area is 113 Å². The Morgan fingerprint density at radius 1 is 1.32 bits per heavy atom. The van der Waals surface area contributed by atoms with Gasteiger partial charge in [0.1, 0.15) is 0 Å². The second-order valence-corrected chi connectivity index (χ2v) is 4.96. The normalized spacial score (nSPS) is 17.9. The molecule has 0 saturated carbocycles. The standard InChI is InChI=1S/C15H21NO3/c17-11-14(10-12-4-2-1-3-5-12)16-15(18)13-6-8-19-9-7-13/h1-5,13-14,17H,6-11H2,(H,16,18)/t14-/m1/s1. The number of hydrogen-bond donors (Lipinski definition) is 2. The van der Waals surface area contributed by atoms with E-state index in [-0.39, 0.29) is 24.5 Å². The summed E-state index contributed by atoms with van der Waals surface area (Å²) in [6, 6.07) is 9.68. The first-order valence-electron chi connectivity index (χ1n) is 6.82. The summed E-state index contributed by atoms with van der Waals surface area (Å²) in [5.41, 5.74) is 1.12. The molecular formula is C15H21NO3. The Morgan fingerprint density at radius 3 is 2.63 bits per heavy atom. The van der Waals surface area contributed by atoms with Gasteiger partial charge >= 0.3 is 0 Å². The van der Waals surface area contributed by atoms with Gasteiger partial charge in [-0.25, -0.2) is 0 Å². The van der Waals surface area contributed by atoms with E-state index >= 15 is 0 Å². The summed E-state index contributed by atoms with van der Waals surface area (Å²) in [5, 5.41) is 12.3. The van der Waals surface area contributed by atoms with Crippen molar-refractivity contribution in [3.63, 3.8) is 0 Å². The molecule has 0 spiro atoms. The maximum absolute atomic E-state index is 12.1. The van der Waals surface area contributed by atoms with E-state index in [1.165, 1.54) is 0 Å². The van der Waals surface area contributed by atoms with Crippen molar-refractivity contribution >= 4 is 5.91 Å². The van der Waals surface area contributed by atoms with Gasteiger partial charge in [0.2, 0.25) is 5.91 Å². The van der Waals surface area contributed by atoms with Crippen LogP contribution in [0.4, 0.5) is 0 Å². The molecule has 104 valence electrons. The highest BCUT2D eigenvalue weighted by atomic mass is 16.5. The molecule has 4 heteroatoms. The minimum absolute atomic E-state index is 0.0265. The van der Waals surface area contributed by atoms with E-state index in [0.717, 1.165) is 18.4 Å². The van der Waals surface area contributed by atoms with E-state index < -0.39 is 0 Å². The summed E-state index contributed by atoms with van der Waals surface area (Å²) in [4.78, 5) is 12.1. The van der Waals surface area contributed by atoms with Gasteiger partial charge in [-0.1, -0.05) is 30.3 Å². The van der Waals surface area contributed by atoms with Crippen LogP contribution in [0.25, 0.3) is 0 Å². The van der Waals surface area contributed by atoms with E-state index in [1.54, 1.807) is 0 Å². The van der Waals surface area contributed by atoms with Gasteiger partial charge < -0.3 is 15.2 Å². The average Bonchev–Trinajstić information content (AvgIpc) is 2.48. The third-order valence-electron chi connectivity index (χ3n) is 3.48. The highest BCUT2D eigenvalue weighted by Gasteiger charge is 2.23. The number of nitrogens with one attached hydrogen (secondary N) is 1. The van der Waals surface area contributed by atoms with Gasteiger partial charge in [-0.2, -0.15) is 0 Å². The molecule has 0 unspecified atom stereocenters. The Kier molecular flexibility index (Phi) is 5.36. The van der Waals surface area contributed by atoms with Crippen LogP contribution in [0.1, 0.15) is 18.4 Å². The second kappa shape index (κ2) is 7.26. The smallest absolute Gasteiger partial charge is 0.223 e. The lowest BCUT2D eigenvalue weighted by Gasteiger charge is -2.24. The molecule has 0 aromatic heterocycles. The minimum Gasteiger partial charge on any atom is -0.394 e. The first-order valence-corrected chi connectivity index (χ1v) is 6.82. The van der Waals surface area contributed by atoms with Crippen molar-refractivity contribution < 1.29 is 14.6 Å². The molecule has 1 saturated heterocycles. The quantitative estimate of drug-likeness (QED) is 0.837. The number of benzene rings is 1. The molecule has 1 aromatic rings. The topological polar surface area (TPSA) is 58.6 Å². The number of carbonyl (C=O) groups excluding carboxylic acids is 1. The Hall–Kier alpha value is -1.39. The third kappa shape index (κ3) is 4.33. The van der Waals surface area contributed by atoms with Crippen molar-refractivity contribution in [2.45, 2.75) is 25.3 Å². The molecule has 19 heavy (non-hydrogen) atoms. The Bertz CT molecular complexity index is 388. The molecule has 1 heterocycles. The zero-order valence-electron chi connectivity index (χ0n) is 11.0. The van der Waals surface area contributed by atoms with Gasteiger partial charge in [-0.05, 0) is 24.8 Å². The lowest BCUT2D eigenvalue weighted by molar-refractivity contribution is -0.128. The molecule has 0 aliphatic carbocycles. The van der Waals surface area contributed by atoms with Gasteiger partial charge in [-0.15, -0.1) is 0 Å². The number of hydrogen-bond acceptors (Lipinski definition) is 3. The maximum atomic E-state index is 12.1. The van der Waals surface area contributed by atoms with E-state index in [4.69, 9.17) is 4.74 Å². The van der Waals surface area contributed by atoms with Gasteiger partial charge in [0.25, 0.3) is 0 Å². The van der Waals surface area contributed by atoms with Crippen molar-refractivity contribution in [2.24, 2.45) is 5.92 Å². The van der Waals surface area contributed by atoms with E-state index in [9.17, 15) is 9.90 Å². The Balaban J connectivity index is 1.86. The molecule has 1 aromatic carbocycles. The first kappa shape index (κ1) is 14.0. The lowest BCUT2D eigenvalue weighted by Crippen LogP contribution is -2.43. The first-order chi connectivity index (χ1) is 9.29. The molecule has 1 aliphatic heterocycles. The van der Waals surface area contributed by atoms with E-state index in [0.29, 0.717) is 19.6 Å². The van der Waals surface area contributed by atoms with Gasteiger partial charge in [0.05, 0.1) is 12.6 Å².